The molecule has 1 atom stereocenters. The molecule has 0 fully saturated rings. The number of furan rings is 1. The minimum absolute atomic E-state index is 0.436. The normalized spacial score (nSPS) is 13.0. The summed E-state index contributed by atoms with van der Waals surface area (Å²) < 4.78 is 5.67. The van der Waals surface area contributed by atoms with Crippen molar-refractivity contribution in [1.82, 2.24) is 20.4 Å². The number of nitrogens with one attached hydrogen (secondary N) is 2. The van der Waals surface area contributed by atoms with Gasteiger partial charge in [0, 0.05) is 24.7 Å². The molecule has 0 bridgehead atoms. The molecule has 2 heterocycles. The van der Waals surface area contributed by atoms with Crippen LogP contribution in [0.1, 0.15) is 32.1 Å². The first-order valence-electron chi connectivity index (χ1n) is 7.68. The highest BCUT2D eigenvalue weighted by molar-refractivity contribution is 5.56. The molecule has 116 valence electrons. The summed E-state index contributed by atoms with van der Waals surface area (Å²) in [5.74, 6) is 1.76. The maximum atomic E-state index is 5.67. The molecule has 0 aliphatic heterocycles. The lowest BCUT2D eigenvalue weighted by molar-refractivity contribution is 0.271. The molecular formula is C16H26N4O. The number of nitrogens with zero attached hydrogens (tertiary/aromatic N) is 2. The molecule has 0 aliphatic carbocycles. The van der Waals surface area contributed by atoms with Crippen LogP contribution in [0.25, 0.3) is 11.5 Å². The molecule has 2 aromatic rings. The van der Waals surface area contributed by atoms with Gasteiger partial charge in [0.1, 0.15) is 11.5 Å². The van der Waals surface area contributed by atoms with Crippen molar-refractivity contribution in [2.24, 2.45) is 0 Å². The largest absolute Gasteiger partial charge is 0.460 e. The van der Waals surface area contributed by atoms with Crippen LogP contribution in [0, 0.1) is 6.92 Å². The van der Waals surface area contributed by atoms with Crippen molar-refractivity contribution in [3.05, 3.63) is 29.7 Å². The fourth-order valence-electron chi connectivity index (χ4n) is 2.45. The molecule has 2 N–H and O–H groups in total. The Labute approximate surface area is 126 Å². The maximum absolute atomic E-state index is 5.67. The lowest BCUT2D eigenvalue weighted by atomic mass is 10.2. The first-order valence-corrected chi connectivity index (χ1v) is 7.68. The molecule has 0 aromatic carbocycles. The molecule has 1 unspecified atom stereocenters. The van der Waals surface area contributed by atoms with Crippen molar-refractivity contribution in [3.63, 3.8) is 0 Å². The van der Waals surface area contributed by atoms with E-state index in [4.69, 9.17) is 4.42 Å². The van der Waals surface area contributed by atoms with Crippen LogP contribution in [0.3, 0.4) is 0 Å². The second kappa shape index (κ2) is 7.43. The smallest absolute Gasteiger partial charge is 0.152 e. The summed E-state index contributed by atoms with van der Waals surface area (Å²) in [4.78, 5) is 2.42. The van der Waals surface area contributed by atoms with Crippen LogP contribution in [0.4, 0.5) is 0 Å². The van der Waals surface area contributed by atoms with Gasteiger partial charge in [-0.2, -0.15) is 5.10 Å². The zero-order valence-electron chi connectivity index (χ0n) is 13.4. The van der Waals surface area contributed by atoms with E-state index in [0.29, 0.717) is 6.04 Å². The Morgan fingerprint density at radius 1 is 1.33 bits per heavy atom. The van der Waals surface area contributed by atoms with E-state index in [-0.39, 0.29) is 0 Å². The molecule has 5 heteroatoms. The van der Waals surface area contributed by atoms with Crippen LogP contribution < -0.4 is 5.32 Å². The molecule has 0 amide bonds. The van der Waals surface area contributed by atoms with Gasteiger partial charge in [-0.15, -0.1) is 0 Å². The molecule has 0 aliphatic rings. The van der Waals surface area contributed by atoms with Gasteiger partial charge in [0.25, 0.3) is 0 Å². The second-order valence-electron chi connectivity index (χ2n) is 5.45. The SMILES string of the molecule is CCN(CC)CC(C)NCc1cn[nH]c1-c1ccc(C)o1. The Hall–Kier alpha value is -1.59. The number of aryl methyl sites for hydroxylation is 1. The summed E-state index contributed by atoms with van der Waals surface area (Å²) in [7, 11) is 0. The van der Waals surface area contributed by atoms with Gasteiger partial charge in [0.15, 0.2) is 5.76 Å². The summed E-state index contributed by atoms with van der Waals surface area (Å²) in [6.45, 7) is 12.6. The van der Waals surface area contributed by atoms with Crippen molar-refractivity contribution in [3.8, 4) is 11.5 Å². The Balaban J connectivity index is 1.94. The molecular weight excluding hydrogens is 264 g/mol. The summed E-state index contributed by atoms with van der Waals surface area (Å²) in [6, 6.07) is 4.38. The highest BCUT2D eigenvalue weighted by atomic mass is 16.3. The average Bonchev–Trinajstić information content (AvgIpc) is 3.10. The van der Waals surface area contributed by atoms with Gasteiger partial charge in [-0.3, -0.25) is 5.10 Å². The Bertz CT molecular complexity index is 542. The quantitative estimate of drug-likeness (QED) is 0.785. The Morgan fingerprint density at radius 3 is 2.71 bits per heavy atom. The van der Waals surface area contributed by atoms with Gasteiger partial charge in [-0.1, -0.05) is 13.8 Å². The van der Waals surface area contributed by atoms with E-state index in [1.54, 1.807) is 0 Å². The first kappa shape index (κ1) is 15.8. The average molecular weight is 290 g/mol. The van der Waals surface area contributed by atoms with Gasteiger partial charge >= 0.3 is 0 Å². The Kier molecular flexibility index (Phi) is 5.59. The molecule has 0 radical (unpaired) electrons. The third-order valence-electron chi connectivity index (χ3n) is 3.77. The van der Waals surface area contributed by atoms with Crippen LogP contribution in [0.2, 0.25) is 0 Å². The Morgan fingerprint density at radius 2 is 2.10 bits per heavy atom. The second-order valence-corrected chi connectivity index (χ2v) is 5.45. The fourth-order valence-corrected chi connectivity index (χ4v) is 2.45. The van der Waals surface area contributed by atoms with Crippen LogP contribution in [0.5, 0.6) is 0 Å². The van der Waals surface area contributed by atoms with E-state index < -0.39 is 0 Å². The van der Waals surface area contributed by atoms with E-state index in [0.717, 1.165) is 49.0 Å². The van der Waals surface area contributed by atoms with Gasteiger partial charge in [0.2, 0.25) is 0 Å². The highest BCUT2D eigenvalue weighted by Crippen LogP contribution is 2.23. The zero-order valence-corrected chi connectivity index (χ0v) is 13.4. The van der Waals surface area contributed by atoms with Crippen molar-refractivity contribution in [1.29, 1.82) is 0 Å². The zero-order chi connectivity index (χ0) is 15.2. The van der Waals surface area contributed by atoms with Gasteiger partial charge in [-0.05, 0) is 39.1 Å². The van der Waals surface area contributed by atoms with Crippen molar-refractivity contribution in [2.75, 3.05) is 19.6 Å². The standard InChI is InChI=1S/C16H26N4O/c1-5-20(6-2)11-12(3)17-9-14-10-18-19-16(14)15-8-7-13(4)21-15/h7-8,10,12,17H,5-6,9,11H2,1-4H3,(H,18,19). The minimum atomic E-state index is 0.436. The number of likely N-dealkylation sites (N-methyl/N-ethyl adjacent to an activating group) is 1. The minimum Gasteiger partial charge on any atom is -0.460 e. The molecule has 2 rings (SSSR count). The number of rotatable bonds is 8. The molecule has 0 saturated heterocycles. The topological polar surface area (TPSA) is 57.1 Å². The van der Waals surface area contributed by atoms with E-state index >= 15 is 0 Å². The highest BCUT2D eigenvalue weighted by Gasteiger charge is 2.12. The van der Waals surface area contributed by atoms with Crippen LogP contribution in [-0.2, 0) is 6.54 Å². The number of H-pyrrole nitrogens is 1. The first-order chi connectivity index (χ1) is 10.1. The predicted molar refractivity (Wildman–Crippen MR) is 85.1 cm³/mol. The van der Waals surface area contributed by atoms with E-state index in [1.807, 2.05) is 25.3 Å². The maximum Gasteiger partial charge on any atom is 0.152 e. The van der Waals surface area contributed by atoms with Crippen LogP contribution in [0.15, 0.2) is 22.7 Å². The third-order valence-corrected chi connectivity index (χ3v) is 3.77. The fraction of sp³-hybridized carbons (Fsp3) is 0.562. The van der Waals surface area contributed by atoms with Crippen molar-refractivity contribution in [2.45, 2.75) is 40.3 Å². The van der Waals surface area contributed by atoms with E-state index in [9.17, 15) is 0 Å². The number of hydrogen-bond acceptors (Lipinski definition) is 4. The summed E-state index contributed by atoms with van der Waals surface area (Å²) >= 11 is 0. The summed E-state index contributed by atoms with van der Waals surface area (Å²) in [5, 5.41) is 10.7. The molecule has 0 saturated carbocycles. The van der Waals surface area contributed by atoms with Gasteiger partial charge in [0.05, 0.1) is 6.20 Å². The molecule has 5 nitrogen and oxygen atoms in total. The van der Waals surface area contributed by atoms with Gasteiger partial charge < -0.3 is 14.6 Å². The van der Waals surface area contributed by atoms with E-state index in [2.05, 4.69) is 41.2 Å². The van der Waals surface area contributed by atoms with Gasteiger partial charge in [-0.25, -0.2) is 0 Å². The summed E-state index contributed by atoms with van der Waals surface area (Å²) in [5.41, 5.74) is 2.10. The van der Waals surface area contributed by atoms with E-state index in [1.165, 1.54) is 0 Å². The van der Waals surface area contributed by atoms with Crippen LogP contribution in [-0.4, -0.2) is 40.8 Å². The predicted octanol–water partition coefficient (Wildman–Crippen LogP) is 2.80. The third kappa shape index (κ3) is 4.19. The molecule has 0 spiro atoms. The van der Waals surface area contributed by atoms with Crippen LogP contribution >= 0.6 is 0 Å². The monoisotopic (exact) mass is 290 g/mol. The number of aromatic amines is 1. The number of hydrogen-bond donors (Lipinski definition) is 2. The lowest BCUT2D eigenvalue weighted by Crippen LogP contribution is -2.38. The van der Waals surface area contributed by atoms with Crippen molar-refractivity contribution >= 4 is 0 Å². The lowest BCUT2D eigenvalue weighted by Gasteiger charge is -2.23. The summed E-state index contributed by atoms with van der Waals surface area (Å²) in [6.07, 6.45) is 1.87. The van der Waals surface area contributed by atoms with Crippen molar-refractivity contribution < 1.29 is 4.42 Å². The number of aromatic nitrogens is 2. The molecule has 2 aromatic heterocycles. The molecule has 21 heavy (non-hydrogen) atoms.